The van der Waals surface area contributed by atoms with Gasteiger partial charge >= 0.3 is 0 Å². The Morgan fingerprint density at radius 3 is 2.62 bits per heavy atom. The van der Waals surface area contributed by atoms with Crippen LogP contribution in [-0.2, 0) is 27.1 Å². The molecular weight excluding hydrogens is 492 g/mol. The Balaban J connectivity index is 1.31. The van der Waals surface area contributed by atoms with Crippen LogP contribution >= 0.6 is 15.9 Å². The zero-order chi connectivity index (χ0) is 22.6. The number of hydrogen-bond acceptors (Lipinski definition) is 4. The van der Waals surface area contributed by atoms with Crippen LogP contribution in [0, 0.1) is 5.92 Å². The van der Waals surface area contributed by atoms with Crippen molar-refractivity contribution in [1.82, 2.24) is 19.2 Å². The van der Waals surface area contributed by atoms with Crippen molar-refractivity contribution in [1.29, 1.82) is 0 Å². The van der Waals surface area contributed by atoms with Crippen LogP contribution in [-0.4, -0.2) is 41.3 Å². The van der Waals surface area contributed by atoms with Gasteiger partial charge in [-0.3, -0.25) is 4.79 Å². The van der Waals surface area contributed by atoms with E-state index in [2.05, 4.69) is 26.2 Å². The van der Waals surface area contributed by atoms with Crippen LogP contribution in [0.15, 0.2) is 71.7 Å². The molecule has 2 heterocycles. The summed E-state index contributed by atoms with van der Waals surface area (Å²) >= 11 is 3.38. The molecule has 4 rings (SSSR count). The van der Waals surface area contributed by atoms with Gasteiger partial charge in [-0.2, -0.15) is 0 Å². The highest BCUT2D eigenvalue weighted by atomic mass is 79.9. The van der Waals surface area contributed by atoms with E-state index >= 15 is 0 Å². The lowest BCUT2D eigenvalue weighted by Gasteiger charge is -2.30. The third-order valence-corrected chi connectivity index (χ3v) is 8.03. The zero-order valence-corrected chi connectivity index (χ0v) is 19.9. The molecule has 2 aromatic carbocycles. The number of sulfonamides is 1. The number of rotatable bonds is 7. The Labute approximate surface area is 196 Å². The number of carbonyl (C=O) groups excluding carboxylic acids is 1. The fourth-order valence-corrected chi connectivity index (χ4v) is 5.96. The molecule has 168 valence electrons. The number of nitrogens with one attached hydrogen (secondary N) is 1. The topological polar surface area (TPSA) is 84.3 Å². The van der Waals surface area contributed by atoms with Gasteiger partial charge in [0.15, 0.2) is 0 Å². The number of carbonyl (C=O) groups is 1. The Kier molecular flexibility index (Phi) is 7.07. The highest BCUT2D eigenvalue weighted by Gasteiger charge is 2.31. The van der Waals surface area contributed by atoms with E-state index in [4.69, 9.17) is 0 Å². The molecule has 0 saturated carbocycles. The van der Waals surface area contributed by atoms with Crippen molar-refractivity contribution in [3.8, 4) is 5.69 Å². The summed E-state index contributed by atoms with van der Waals surface area (Å²) in [6.07, 6.45) is 6.35. The molecule has 32 heavy (non-hydrogen) atoms. The number of halogens is 1. The molecule has 0 radical (unpaired) electrons. The summed E-state index contributed by atoms with van der Waals surface area (Å²) in [4.78, 5) is 16.8. The number of para-hydroxylation sites is 1. The summed E-state index contributed by atoms with van der Waals surface area (Å²) in [6, 6.07) is 15.2. The van der Waals surface area contributed by atoms with Gasteiger partial charge in [-0.1, -0.05) is 46.3 Å². The molecule has 0 aliphatic carbocycles. The molecule has 1 aliphatic heterocycles. The van der Waals surface area contributed by atoms with Crippen molar-refractivity contribution in [2.75, 3.05) is 13.1 Å². The average molecular weight is 517 g/mol. The number of nitrogens with zero attached hydrogens (tertiary/aromatic N) is 3. The lowest BCUT2D eigenvalue weighted by molar-refractivity contribution is -0.126. The predicted molar refractivity (Wildman–Crippen MR) is 126 cm³/mol. The number of aromatic nitrogens is 2. The molecule has 1 fully saturated rings. The first-order valence-electron chi connectivity index (χ1n) is 10.5. The molecule has 1 aromatic heterocycles. The number of hydrogen-bond donors (Lipinski definition) is 1. The van der Waals surface area contributed by atoms with Gasteiger partial charge in [-0.05, 0) is 42.2 Å². The number of benzene rings is 2. The van der Waals surface area contributed by atoms with E-state index in [9.17, 15) is 13.2 Å². The van der Waals surface area contributed by atoms with Crippen molar-refractivity contribution < 1.29 is 13.2 Å². The number of piperidine rings is 1. The van der Waals surface area contributed by atoms with Crippen LogP contribution in [0.5, 0.6) is 0 Å². The molecular formula is C23H25BrN4O3S. The molecule has 0 spiro atoms. The molecule has 0 atom stereocenters. The minimum Gasteiger partial charge on any atom is -0.352 e. The molecule has 1 N–H and O–H groups in total. The molecule has 1 amide bonds. The lowest BCUT2D eigenvalue weighted by Crippen LogP contribution is -2.43. The maximum Gasteiger partial charge on any atom is 0.223 e. The largest absolute Gasteiger partial charge is 0.352 e. The van der Waals surface area contributed by atoms with Gasteiger partial charge in [0.05, 0.1) is 17.8 Å². The lowest BCUT2D eigenvalue weighted by atomic mass is 9.97. The Morgan fingerprint density at radius 2 is 1.91 bits per heavy atom. The summed E-state index contributed by atoms with van der Waals surface area (Å²) < 4.78 is 29.9. The monoisotopic (exact) mass is 516 g/mol. The summed E-state index contributed by atoms with van der Waals surface area (Å²) in [6.45, 7) is 1.13. The van der Waals surface area contributed by atoms with Crippen molar-refractivity contribution >= 4 is 31.9 Å². The van der Waals surface area contributed by atoms with Crippen molar-refractivity contribution in [3.05, 3.63) is 82.9 Å². The fraction of sp³-hybridized carbons (Fsp3) is 0.304. The minimum absolute atomic E-state index is 0.0329. The van der Waals surface area contributed by atoms with E-state index in [0.29, 0.717) is 32.5 Å². The summed E-state index contributed by atoms with van der Waals surface area (Å²) in [5.74, 6) is -0.254. The van der Waals surface area contributed by atoms with Gasteiger partial charge in [0.25, 0.3) is 0 Å². The number of amides is 1. The molecule has 7 nitrogen and oxygen atoms in total. The number of imidazole rings is 1. The first-order valence-corrected chi connectivity index (χ1v) is 12.9. The zero-order valence-electron chi connectivity index (χ0n) is 17.5. The average Bonchev–Trinajstić information content (AvgIpc) is 3.32. The summed E-state index contributed by atoms with van der Waals surface area (Å²) in [5, 5.41) is 3.02. The molecule has 9 heteroatoms. The third-order valence-electron chi connectivity index (χ3n) is 5.68. The van der Waals surface area contributed by atoms with Gasteiger partial charge in [-0.25, -0.2) is 17.7 Å². The van der Waals surface area contributed by atoms with Gasteiger partial charge < -0.3 is 9.88 Å². The van der Waals surface area contributed by atoms with Crippen LogP contribution in [0.4, 0.5) is 0 Å². The smallest absolute Gasteiger partial charge is 0.223 e. The second-order valence-electron chi connectivity index (χ2n) is 7.88. The third kappa shape index (κ3) is 5.46. The van der Waals surface area contributed by atoms with E-state index in [1.165, 1.54) is 4.31 Å². The second-order valence-corrected chi connectivity index (χ2v) is 10.8. The highest BCUT2D eigenvalue weighted by Crippen LogP contribution is 2.23. The quantitative estimate of drug-likeness (QED) is 0.520. The normalized spacial score (nSPS) is 15.5. The van der Waals surface area contributed by atoms with E-state index in [1.807, 2.05) is 59.3 Å². The Hall–Kier alpha value is -2.49. The molecule has 0 unspecified atom stereocenters. The van der Waals surface area contributed by atoms with E-state index in [-0.39, 0.29) is 17.6 Å². The van der Waals surface area contributed by atoms with Gasteiger partial charge in [0, 0.05) is 42.4 Å². The Bertz CT molecular complexity index is 1170. The van der Waals surface area contributed by atoms with E-state index in [1.54, 1.807) is 12.5 Å². The Morgan fingerprint density at radius 1 is 1.12 bits per heavy atom. The van der Waals surface area contributed by atoms with Crippen LogP contribution in [0.2, 0.25) is 0 Å². The van der Waals surface area contributed by atoms with Crippen molar-refractivity contribution in [2.24, 2.45) is 5.92 Å². The standard InChI is InChI=1S/C23H25BrN4O3S/c24-21-6-3-4-18(14-21)16-32(30,31)28-11-8-19(9-12-28)23(29)26-15-20-5-1-2-7-22(20)27-13-10-25-17-27/h1-7,10,13-14,17,19H,8-9,11-12,15-16H2,(H,26,29). The van der Waals surface area contributed by atoms with Crippen molar-refractivity contribution in [3.63, 3.8) is 0 Å². The second kappa shape index (κ2) is 9.97. The van der Waals surface area contributed by atoms with E-state index in [0.717, 1.165) is 21.3 Å². The van der Waals surface area contributed by atoms with Crippen LogP contribution in [0.1, 0.15) is 24.0 Å². The van der Waals surface area contributed by atoms with Crippen LogP contribution in [0.25, 0.3) is 5.69 Å². The van der Waals surface area contributed by atoms with Crippen molar-refractivity contribution in [2.45, 2.75) is 25.1 Å². The SMILES string of the molecule is O=C(NCc1ccccc1-n1ccnc1)C1CCN(S(=O)(=O)Cc2cccc(Br)c2)CC1. The molecule has 1 saturated heterocycles. The van der Waals surface area contributed by atoms with Crippen LogP contribution < -0.4 is 5.32 Å². The van der Waals surface area contributed by atoms with Gasteiger partial charge in [-0.15, -0.1) is 0 Å². The highest BCUT2D eigenvalue weighted by molar-refractivity contribution is 9.10. The maximum absolute atomic E-state index is 12.8. The predicted octanol–water partition coefficient (Wildman–Crippen LogP) is 3.49. The van der Waals surface area contributed by atoms with Gasteiger partial charge in [0.2, 0.25) is 15.9 Å². The summed E-state index contributed by atoms with van der Waals surface area (Å²) in [5.41, 5.74) is 2.71. The van der Waals surface area contributed by atoms with Gasteiger partial charge in [0.1, 0.15) is 0 Å². The molecule has 3 aromatic rings. The molecule has 0 bridgehead atoms. The van der Waals surface area contributed by atoms with Crippen LogP contribution in [0.3, 0.4) is 0 Å². The summed E-state index contributed by atoms with van der Waals surface area (Å²) in [7, 11) is -3.42. The first kappa shape index (κ1) is 22.7. The fourth-order valence-electron chi connectivity index (χ4n) is 3.97. The minimum atomic E-state index is -3.42. The van der Waals surface area contributed by atoms with E-state index < -0.39 is 10.0 Å². The first-order chi connectivity index (χ1) is 15.4. The maximum atomic E-state index is 12.8. The molecule has 1 aliphatic rings.